The lowest BCUT2D eigenvalue weighted by molar-refractivity contribution is -0.706. The first-order valence-electron chi connectivity index (χ1n) is 9.97. The van der Waals surface area contributed by atoms with Crippen LogP contribution in [0.15, 0.2) is 42.7 Å². The first kappa shape index (κ1) is 18.0. The Balaban J connectivity index is 1.40. The van der Waals surface area contributed by atoms with Crippen LogP contribution < -0.4 is 14.8 Å². The smallest absolute Gasteiger partial charge is 0.293 e. The number of nitrogens with zero attached hydrogens (tertiary/aromatic N) is 2. The Kier molecular flexibility index (Phi) is 5.39. The molecule has 2 heterocycles. The number of carbonyl (C=O) groups excluding carboxylic acids is 1. The molecule has 1 atom stereocenters. The van der Waals surface area contributed by atoms with Crippen LogP contribution in [0.4, 0.5) is 11.4 Å². The number of nitrogens with one attached hydrogen (secondary N) is 1. The fourth-order valence-electron chi connectivity index (χ4n) is 3.89. The number of hydrogen-bond donors (Lipinski definition) is 1. The summed E-state index contributed by atoms with van der Waals surface area (Å²) in [6, 6.07) is 10.0. The van der Waals surface area contributed by atoms with E-state index < -0.39 is 0 Å². The number of aromatic nitrogens is 1. The fraction of sp³-hybridized carbons (Fsp3) is 0.455. The van der Waals surface area contributed by atoms with Gasteiger partial charge in [0, 0.05) is 43.0 Å². The maximum absolute atomic E-state index is 12.7. The number of aryl methyl sites for hydroxylation is 2. The number of pyridine rings is 1. The van der Waals surface area contributed by atoms with Gasteiger partial charge >= 0.3 is 0 Å². The van der Waals surface area contributed by atoms with Crippen LogP contribution in [0.2, 0.25) is 0 Å². The summed E-state index contributed by atoms with van der Waals surface area (Å²) in [7, 11) is 0. The van der Waals surface area contributed by atoms with Crippen LogP contribution in [0.3, 0.4) is 0 Å². The second-order valence-corrected chi connectivity index (χ2v) is 7.46. The largest absolute Gasteiger partial charge is 0.378 e. The average molecular weight is 366 g/mol. The van der Waals surface area contributed by atoms with Gasteiger partial charge in [0.25, 0.3) is 5.91 Å². The number of fused-ring (bicyclic) bond motifs is 1. The van der Waals surface area contributed by atoms with Crippen LogP contribution in [0.25, 0.3) is 0 Å². The van der Waals surface area contributed by atoms with Gasteiger partial charge < -0.3 is 15.0 Å². The highest BCUT2D eigenvalue weighted by Crippen LogP contribution is 2.21. The molecular weight excluding hydrogens is 338 g/mol. The summed E-state index contributed by atoms with van der Waals surface area (Å²) in [6.45, 7) is 5.32. The first-order chi connectivity index (χ1) is 13.2. The maximum atomic E-state index is 12.7. The number of ether oxygens (including phenoxy) is 1. The van der Waals surface area contributed by atoms with E-state index in [0.717, 1.165) is 44.8 Å². The Morgan fingerprint density at radius 2 is 1.78 bits per heavy atom. The SMILES string of the molecule is C[C@@H](C(=O)Nc1ccc(N2CCOCC2)cc1)[n+]1ccc2c(c1)CCCC2. The molecular formula is C22H28N3O2+. The zero-order valence-electron chi connectivity index (χ0n) is 16.0. The molecule has 0 bridgehead atoms. The molecule has 142 valence electrons. The van der Waals surface area contributed by atoms with Gasteiger partial charge in [-0.15, -0.1) is 0 Å². The van der Waals surface area contributed by atoms with Crippen molar-refractivity contribution in [3.8, 4) is 0 Å². The van der Waals surface area contributed by atoms with E-state index >= 15 is 0 Å². The molecule has 0 spiro atoms. The zero-order chi connectivity index (χ0) is 18.6. The molecule has 5 heteroatoms. The predicted octanol–water partition coefficient (Wildman–Crippen LogP) is 2.89. The van der Waals surface area contributed by atoms with Gasteiger partial charge in [0.1, 0.15) is 0 Å². The molecule has 0 unspecified atom stereocenters. The molecule has 1 amide bonds. The highest BCUT2D eigenvalue weighted by atomic mass is 16.5. The summed E-state index contributed by atoms with van der Waals surface area (Å²) in [5, 5.41) is 3.05. The normalized spacial score (nSPS) is 17.9. The van der Waals surface area contributed by atoms with Crippen molar-refractivity contribution in [1.29, 1.82) is 0 Å². The molecule has 1 aliphatic carbocycles. The summed E-state index contributed by atoms with van der Waals surface area (Å²) in [5.41, 5.74) is 4.83. The molecule has 2 aromatic rings. The number of rotatable bonds is 4. The van der Waals surface area contributed by atoms with Crippen LogP contribution >= 0.6 is 0 Å². The van der Waals surface area contributed by atoms with Crippen LogP contribution in [-0.4, -0.2) is 32.2 Å². The van der Waals surface area contributed by atoms with E-state index in [4.69, 9.17) is 4.74 Å². The summed E-state index contributed by atoms with van der Waals surface area (Å²) in [4.78, 5) is 15.0. The Bertz CT molecular complexity index is 798. The molecule has 1 aromatic heterocycles. The lowest BCUT2D eigenvalue weighted by atomic mass is 9.93. The van der Waals surface area contributed by atoms with E-state index in [1.807, 2.05) is 29.8 Å². The quantitative estimate of drug-likeness (QED) is 0.847. The van der Waals surface area contributed by atoms with Gasteiger partial charge in [-0.05, 0) is 55.5 Å². The van der Waals surface area contributed by atoms with Gasteiger partial charge in [0.2, 0.25) is 6.04 Å². The second kappa shape index (κ2) is 8.09. The molecule has 0 radical (unpaired) electrons. The number of anilines is 2. The van der Waals surface area contributed by atoms with Gasteiger partial charge in [-0.3, -0.25) is 4.79 Å². The number of hydrogen-bond acceptors (Lipinski definition) is 3. The number of benzene rings is 1. The zero-order valence-corrected chi connectivity index (χ0v) is 16.0. The van der Waals surface area contributed by atoms with E-state index in [2.05, 4.69) is 34.6 Å². The lowest BCUT2D eigenvalue weighted by Gasteiger charge is -2.28. The van der Waals surface area contributed by atoms with E-state index in [1.54, 1.807) is 0 Å². The number of morpholine rings is 1. The molecule has 1 N–H and O–H groups in total. The number of amides is 1. The van der Waals surface area contributed by atoms with Crippen molar-refractivity contribution < 1.29 is 14.1 Å². The van der Waals surface area contributed by atoms with Crippen LogP contribution in [0.5, 0.6) is 0 Å². The van der Waals surface area contributed by atoms with Crippen molar-refractivity contribution in [1.82, 2.24) is 0 Å². The summed E-state index contributed by atoms with van der Waals surface area (Å²) >= 11 is 0. The molecule has 1 aromatic carbocycles. The highest BCUT2D eigenvalue weighted by Gasteiger charge is 2.24. The predicted molar refractivity (Wildman–Crippen MR) is 106 cm³/mol. The van der Waals surface area contributed by atoms with Crippen molar-refractivity contribution in [3.63, 3.8) is 0 Å². The molecule has 27 heavy (non-hydrogen) atoms. The first-order valence-corrected chi connectivity index (χ1v) is 9.97. The van der Waals surface area contributed by atoms with Gasteiger partial charge in [-0.1, -0.05) is 0 Å². The fourth-order valence-corrected chi connectivity index (χ4v) is 3.89. The third-order valence-electron chi connectivity index (χ3n) is 5.65. The minimum absolute atomic E-state index is 0.00915. The van der Waals surface area contributed by atoms with E-state index in [1.165, 1.54) is 29.7 Å². The number of carbonyl (C=O) groups is 1. The molecule has 4 rings (SSSR count). The maximum Gasteiger partial charge on any atom is 0.293 e. The molecule has 5 nitrogen and oxygen atoms in total. The Morgan fingerprint density at radius 3 is 2.52 bits per heavy atom. The van der Waals surface area contributed by atoms with Gasteiger partial charge in [0.05, 0.1) is 13.2 Å². The van der Waals surface area contributed by atoms with Crippen LogP contribution in [0, 0.1) is 0 Å². The third-order valence-corrected chi connectivity index (χ3v) is 5.65. The Morgan fingerprint density at radius 1 is 1.07 bits per heavy atom. The van der Waals surface area contributed by atoms with Gasteiger partial charge in [-0.25, -0.2) is 0 Å². The highest BCUT2D eigenvalue weighted by molar-refractivity contribution is 5.92. The van der Waals surface area contributed by atoms with Gasteiger partial charge in [-0.2, -0.15) is 4.57 Å². The average Bonchev–Trinajstić information content (AvgIpc) is 2.74. The summed E-state index contributed by atoms with van der Waals surface area (Å²) in [6.07, 6.45) is 8.98. The van der Waals surface area contributed by atoms with Crippen molar-refractivity contribution in [2.24, 2.45) is 0 Å². The van der Waals surface area contributed by atoms with E-state index in [0.29, 0.717) is 0 Å². The summed E-state index contributed by atoms with van der Waals surface area (Å²) < 4.78 is 7.43. The molecule has 2 aliphatic rings. The van der Waals surface area contributed by atoms with Crippen molar-refractivity contribution in [2.75, 3.05) is 36.5 Å². The minimum Gasteiger partial charge on any atom is -0.378 e. The van der Waals surface area contributed by atoms with E-state index in [9.17, 15) is 4.79 Å². The van der Waals surface area contributed by atoms with Crippen LogP contribution in [-0.2, 0) is 22.4 Å². The van der Waals surface area contributed by atoms with Gasteiger partial charge in [0.15, 0.2) is 12.4 Å². The van der Waals surface area contributed by atoms with Crippen molar-refractivity contribution in [3.05, 3.63) is 53.9 Å². The molecule has 1 fully saturated rings. The molecule has 0 saturated carbocycles. The lowest BCUT2D eigenvalue weighted by Crippen LogP contribution is -2.44. The van der Waals surface area contributed by atoms with Crippen LogP contribution in [0.1, 0.15) is 36.9 Å². The van der Waals surface area contributed by atoms with E-state index in [-0.39, 0.29) is 11.9 Å². The Labute approximate surface area is 161 Å². The monoisotopic (exact) mass is 366 g/mol. The van der Waals surface area contributed by atoms with Crippen molar-refractivity contribution in [2.45, 2.75) is 38.6 Å². The topological polar surface area (TPSA) is 45.5 Å². The second-order valence-electron chi connectivity index (χ2n) is 7.46. The molecule has 1 saturated heterocycles. The Hall–Kier alpha value is -2.40. The van der Waals surface area contributed by atoms with Crippen molar-refractivity contribution >= 4 is 17.3 Å². The standard InChI is InChI=1S/C22H27N3O2/c1-17(25-11-10-18-4-2-3-5-19(18)16-25)22(26)23-20-6-8-21(9-7-20)24-12-14-27-15-13-24/h6-11,16-17H,2-5,12-15H2,1H3/p+1/t17-/m0/s1. The molecule has 1 aliphatic heterocycles. The summed E-state index contributed by atoms with van der Waals surface area (Å²) in [5.74, 6) is 0.00915. The minimum atomic E-state index is -0.240. The third kappa shape index (κ3) is 4.14.